The van der Waals surface area contributed by atoms with Crippen LogP contribution in [0.4, 0.5) is 4.79 Å². The molecule has 2 saturated carbocycles. The number of ether oxygens (including phenoxy) is 2. The first-order valence-electron chi connectivity index (χ1n) is 12.8. The number of methoxy groups -OCH3 is 1. The van der Waals surface area contributed by atoms with Gasteiger partial charge >= 0.3 is 12.1 Å². The van der Waals surface area contributed by atoms with Gasteiger partial charge in [0.2, 0.25) is 11.8 Å². The highest BCUT2D eigenvalue weighted by Gasteiger charge is 2.69. The van der Waals surface area contributed by atoms with Crippen LogP contribution in [0.5, 0.6) is 0 Å². The van der Waals surface area contributed by atoms with Crippen molar-refractivity contribution in [2.24, 2.45) is 29.1 Å². The van der Waals surface area contributed by atoms with Gasteiger partial charge in [0.05, 0.1) is 13.2 Å². The van der Waals surface area contributed by atoms with E-state index in [-0.39, 0.29) is 35.0 Å². The molecule has 1 aliphatic heterocycles. The maximum absolute atomic E-state index is 13.7. The average molecular weight is 508 g/mol. The van der Waals surface area contributed by atoms with E-state index in [1.54, 1.807) is 20.8 Å². The van der Waals surface area contributed by atoms with E-state index in [1.807, 2.05) is 13.8 Å². The maximum Gasteiger partial charge on any atom is 0.408 e. The number of esters is 1. The first-order valence-corrected chi connectivity index (χ1v) is 12.8. The second-order valence-electron chi connectivity index (χ2n) is 12.4. The number of hydrogen-bond acceptors (Lipinski definition) is 7. The Kier molecular flexibility index (Phi) is 7.77. The number of amides is 3. The van der Waals surface area contributed by atoms with Crippen molar-refractivity contribution in [2.45, 2.75) is 91.5 Å². The molecule has 2 aliphatic carbocycles. The van der Waals surface area contributed by atoms with E-state index in [4.69, 9.17) is 4.74 Å². The fraction of sp³-hybridized carbons (Fsp3) is 0.808. The summed E-state index contributed by atoms with van der Waals surface area (Å²) < 4.78 is 9.94. The molecule has 2 N–H and O–H groups in total. The first kappa shape index (κ1) is 27.9. The minimum absolute atomic E-state index is 0.0782. The lowest BCUT2D eigenvalue weighted by Gasteiger charge is -2.35. The third-order valence-corrected chi connectivity index (χ3v) is 7.65. The average Bonchev–Trinajstić information content (AvgIpc) is 3.61. The molecule has 3 fully saturated rings. The molecule has 0 aromatic rings. The molecule has 3 rings (SSSR count). The van der Waals surface area contributed by atoms with E-state index in [9.17, 15) is 24.0 Å². The van der Waals surface area contributed by atoms with Crippen LogP contribution in [0, 0.1) is 29.1 Å². The van der Waals surface area contributed by atoms with Crippen molar-refractivity contribution < 1.29 is 33.4 Å². The highest BCUT2D eigenvalue weighted by molar-refractivity contribution is 6.36. The summed E-state index contributed by atoms with van der Waals surface area (Å²) in [7, 11) is 1.13. The van der Waals surface area contributed by atoms with Crippen molar-refractivity contribution in [3.05, 3.63) is 0 Å². The summed E-state index contributed by atoms with van der Waals surface area (Å²) in [6.07, 6.45) is 1.55. The lowest BCUT2D eigenvalue weighted by molar-refractivity contribution is -0.153. The van der Waals surface area contributed by atoms with Crippen LogP contribution in [0.3, 0.4) is 0 Å². The molecular weight excluding hydrogens is 466 g/mol. The van der Waals surface area contributed by atoms with Crippen LogP contribution in [0.1, 0.15) is 67.7 Å². The second-order valence-corrected chi connectivity index (χ2v) is 12.4. The zero-order valence-corrected chi connectivity index (χ0v) is 22.7. The second kappa shape index (κ2) is 10.0. The molecule has 0 aromatic carbocycles. The van der Waals surface area contributed by atoms with E-state index in [2.05, 4.69) is 29.2 Å². The molecule has 0 spiro atoms. The van der Waals surface area contributed by atoms with E-state index >= 15 is 0 Å². The molecule has 0 aromatic heterocycles. The summed E-state index contributed by atoms with van der Waals surface area (Å²) in [5, 5.41) is 5.45. The van der Waals surface area contributed by atoms with Gasteiger partial charge in [-0.3, -0.25) is 14.4 Å². The van der Waals surface area contributed by atoms with Crippen molar-refractivity contribution in [2.75, 3.05) is 13.7 Å². The van der Waals surface area contributed by atoms with Gasteiger partial charge in [0.1, 0.15) is 17.7 Å². The molecule has 1 unspecified atom stereocenters. The maximum atomic E-state index is 13.7. The molecule has 10 nitrogen and oxygen atoms in total. The number of ketones is 1. The Bertz CT molecular complexity index is 919. The minimum Gasteiger partial charge on any atom is -0.463 e. The summed E-state index contributed by atoms with van der Waals surface area (Å²) in [5.74, 6) is -2.52. The van der Waals surface area contributed by atoms with Gasteiger partial charge in [-0.25, -0.2) is 9.59 Å². The normalized spacial score (nSPS) is 25.9. The highest BCUT2D eigenvalue weighted by Crippen LogP contribution is 2.65. The third-order valence-electron chi connectivity index (χ3n) is 7.65. The van der Waals surface area contributed by atoms with Crippen LogP contribution in [-0.4, -0.2) is 71.9 Å². The van der Waals surface area contributed by atoms with Crippen LogP contribution in [0.2, 0.25) is 0 Å². The quantitative estimate of drug-likeness (QED) is 0.361. The smallest absolute Gasteiger partial charge is 0.408 e. The van der Waals surface area contributed by atoms with E-state index < -0.39 is 47.5 Å². The standard InChI is InChI=1S/C26H41N3O7/c1-13(2)18(28-24(34)36-25(3,4)5)22(32)29-12-15-17(26(15,6)7)19(29)21(31)27-16(11-14-9-10-14)20(30)23(33)35-8/h13-19H,9-12H2,1-8H3,(H,27,31)(H,28,34)/t15-,16?,17-,18-,19-/m0/s1. The molecule has 3 amide bonds. The Balaban J connectivity index is 1.80. The monoisotopic (exact) mass is 507 g/mol. The first-order chi connectivity index (χ1) is 16.6. The molecule has 0 radical (unpaired) electrons. The lowest BCUT2D eigenvalue weighted by atomic mass is 9.96. The number of Topliss-reactive ketones (excluding diaryl/α,β-unsaturated/α-hetero) is 1. The molecule has 10 heteroatoms. The summed E-state index contributed by atoms with van der Waals surface area (Å²) in [6, 6.07) is -2.67. The SMILES string of the molecule is COC(=O)C(=O)C(CC1CC1)NC(=O)[C@@H]1[C@@H]2[C@H](CN1C(=O)[C@@H](NC(=O)OC(C)(C)C)C(C)C)C2(C)C. The number of fused-ring (bicyclic) bond motifs is 1. The number of carbonyl (C=O) groups is 5. The number of nitrogens with zero attached hydrogens (tertiary/aromatic N) is 1. The van der Waals surface area contributed by atoms with Crippen molar-refractivity contribution >= 4 is 29.7 Å². The van der Waals surface area contributed by atoms with Crippen LogP contribution < -0.4 is 10.6 Å². The Morgan fingerprint density at radius 2 is 1.67 bits per heavy atom. The van der Waals surface area contributed by atoms with E-state index in [0.717, 1.165) is 20.0 Å². The summed E-state index contributed by atoms with van der Waals surface area (Å²) in [6.45, 7) is 13.4. The Morgan fingerprint density at radius 3 is 2.17 bits per heavy atom. The Hall–Kier alpha value is -2.65. The van der Waals surface area contributed by atoms with Gasteiger partial charge < -0.3 is 25.0 Å². The lowest BCUT2D eigenvalue weighted by Crippen LogP contribution is -2.59. The molecule has 1 heterocycles. The number of likely N-dealkylation sites (tertiary alicyclic amines) is 1. The largest absolute Gasteiger partial charge is 0.463 e. The van der Waals surface area contributed by atoms with Crippen LogP contribution in [0.25, 0.3) is 0 Å². The molecule has 5 atom stereocenters. The zero-order chi connectivity index (χ0) is 27.2. The summed E-state index contributed by atoms with van der Waals surface area (Å²) in [4.78, 5) is 65.8. The molecule has 0 bridgehead atoms. The van der Waals surface area contributed by atoms with Gasteiger partial charge in [-0.1, -0.05) is 40.5 Å². The number of rotatable bonds is 9. The van der Waals surface area contributed by atoms with Crippen LogP contribution >= 0.6 is 0 Å². The highest BCUT2D eigenvalue weighted by atomic mass is 16.6. The van der Waals surface area contributed by atoms with Gasteiger partial charge in [0.15, 0.2) is 0 Å². The number of nitrogens with one attached hydrogen (secondary N) is 2. The predicted molar refractivity (Wildman–Crippen MR) is 131 cm³/mol. The van der Waals surface area contributed by atoms with Gasteiger partial charge in [0.25, 0.3) is 5.78 Å². The summed E-state index contributed by atoms with van der Waals surface area (Å²) >= 11 is 0. The Morgan fingerprint density at radius 1 is 1.06 bits per heavy atom. The van der Waals surface area contributed by atoms with Crippen LogP contribution in [0.15, 0.2) is 0 Å². The number of hydrogen-bond donors (Lipinski definition) is 2. The number of alkyl carbamates (subject to hydrolysis) is 1. The summed E-state index contributed by atoms with van der Waals surface area (Å²) in [5.41, 5.74) is -0.859. The van der Waals surface area contributed by atoms with Crippen LogP contribution in [-0.2, 0) is 28.7 Å². The fourth-order valence-electron chi connectivity index (χ4n) is 5.36. The molecular formula is C26H41N3O7. The van der Waals surface area contributed by atoms with Gasteiger partial charge in [-0.2, -0.15) is 0 Å². The van der Waals surface area contributed by atoms with Crippen molar-refractivity contribution in [3.8, 4) is 0 Å². The van der Waals surface area contributed by atoms with Crippen molar-refractivity contribution in [3.63, 3.8) is 0 Å². The molecule has 36 heavy (non-hydrogen) atoms. The minimum atomic E-state index is -0.994. The molecule has 1 saturated heterocycles. The predicted octanol–water partition coefficient (Wildman–Crippen LogP) is 2.05. The third kappa shape index (κ3) is 6.00. The number of piperidine rings is 1. The van der Waals surface area contributed by atoms with Gasteiger partial charge in [-0.05, 0) is 56.3 Å². The zero-order valence-electron chi connectivity index (χ0n) is 22.7. The molecule has 3 aliphatic rings. The van der Waals surface area contributed by atoms with Crippen molar-refractivity contribution in [1.29, 1.82) is 0 Å². The topological polar surface area (TPSA) is 131 Å². The Labute approximate surface area is 213 Å². The van der Waals surface area contributed by atoms with Gasteiger partial charge in [0, 0.05) is 6.54 Å². The fourth-order valence-corrected chi connectivity index (χ4v) is 5.36. The van der Waals surface area contributed by atoms with E-state index in [0.29, 0.717) is 13.0 Å². The number of carbonyl (C=O) groups excluding carboxylic acids is 5. The van der Waals surface area contributed by atoms with Crippen molar-refractivity contribution in [1.82, 2.24) is 15.5 Å². The van der Waals surface area contributed by atoms with E-state index in [1.165, 1.54) is 4.90 Å². The molecule has 202 valence electrons. The van der Waals surface area contributed by atoms with Gasteiger partial charge in [-0.15, -0.1) is 0 Å².